The zero-order valence-corrected chi connectivity index (χ0v) is 10.4. The normalized spacial score (nSPS) is 12.7. The van der Waals surface area contributed by atoms with Crippen LogP contribution in [0, 0.1) is 23.2 Å². The van der Waals surface area contributed by atoms with E-state index in [1.54, 1.807) is 11.9 Å². The SMILES string of the molecule is CC(C)CC(=O)N(C)C(C#N)CC(C)C. The highest BCUT2D eigenvalue weighted by molar-refractivity contribution is 5.76. The van der Waals surface area contributed by atoms with Gasteiger partial charge in [0.25, 0.3) is 0 Å². The van der Waals surface area contributed by atoms with Crippen molar-refractivity contribution >= 4 is 5.91 Å². The molecule has 15 heavy (non-hydrogen) atoms. The summed E-state index contributed by atoms with van der Waals surface area (Å²) >= 11 is 0. The van der Waals surface area contributed by atoms with Crippen molar-refractivity contribution < 1.29 is 4.79 Å². The standard InChI is InChI=1S/C12H22N2O/c1-9(2)6-11(8-13)14(5)12(15)7-10(3)4/h9-11H,6-7H2,1-5H3. The van der Waals surface area contributed by atoms with Crippen molar-refractivity contribution in [3.05, 3.63) is 0 Å². The second-order valence-electron chi connectivity index (χ2n) is 4.88. The maximum absolute atomic E-state index is 11.7. The number of carbonyl (C=O) groups excluding carboxylic acids is 1. The Morgan fingerprint density at radius 3 is 2.13 bits per heavy atom. The monoisotopic (exact) mass is 210 g/mol. The van der Waals surface area contributed by atoms with Gasteiger partial charge in [0.15, 0.2) is 0 Å². The maximum Gasteiger partial charge on any atom is 0.223 e. The van der Waals surface area contributed by atoms with E-state index in [0.717, 1.165) is 6.42 Å². The molecule has 1 atom stereocenters. The van der Waals surface area contributed by atoms with Gasteiger partial charge in [-0.1, -0.05) is 27.7 Å². The predicted octanol–water partition coefficient (Wildman–Crippen LogP) is 2.43. The molecule has 0 aromatic heterocycles. The van der Waals surface area contributed by atoms with Crippen molar-refractivity contribution in [2.75, 3.05) is 7.05 Å². The average molecular weight is 210 g/mol. The summed E-state index contributed by atoms with van der Waals surface area (Å²) in [7, 11) is 1.72. The minimum Gasteiger partial charge on any atom is -0.330 e. The van der Waals surface area contributed by atoms with Crippen LogP contribution in [0.2, 0.25) is 0 Å². The van der Waals surface area contributed by atoms with Crippen molar-refractivity contribution in [3.8, 4) is 6.07 Å². The highest BCUT2D eigenvalue weighted by Crippen LogP contribution is 2.12. The molecule has 0 saturated heterocycles. The van der Waals surface area contributed by atoms with Gasteiger partial charge >= 0.3 is 0 Å². The van der Waals surface area contributed by atoms with Gasteiger partial charge in [-0.05, 0) is 18.3 Å². The molecule has 0 aliphatic carbocycles. The highest BCUT2D eigenvalue weighted by atomic mass is 16.2. The number of carbonyl (C=O) groups is 1. The van der Waals surface area contributed by atoms with Gasteiger partial charge in [-0.2, -0.15) is 5.26 Å². The Morgan fingerprint density at radius 2 is 1.80 bits per heavy atom. The molecule has 0 spiro atoms. The van der Waals surface area contributed by atoms with E-state index in [1.807, 2.05) is 13.8 Å². The van der Waals surface area contributed by atoms with Crippen LogP contribution >= 0.6 is 0 Å². The third kappa shape index (κ3) is 5.41. The third-order valence-electron chi connectivity index (χ3n) is 2.29. The zero-order chi connectivity index (χ0) is 12.0. The largest absolute Gasteiger partial charge is 0.330 e. The summed E-state index contributed by atoms with van der Waals surface area (Å²) in [5.74, 6) is 0.847. The lowest BCUT2D eigenvalue weighted by molar-refractivity contribution is -0.132. The molecular formula is C12H22N2O. The molecule has 0 rings (SSSR count). The maximum atomic E-state index is 11.7. The van der Waals surface area contributed by atoms with Crippen LogP contribution in [0.4, 0.5) is 0 Å². The Balaban J connectivity index is 4.32. The van der Waals surface area contributed by atoms with Gasteiger partial charge in [0.05, 0.1) is 6.07 Å². The number of hydrogen-bond donors (Lipinski definition) is 0. The number of nitrogens with zero attached hydrogens (tertiary/aromatic N) is 2. The molecule has 0 aromatic carbocycles. The van der Waals surface area contributed by atoms with Crippen LogP contribution in [0.5, 0.6) is 0 Å². The Morgan fingerprint density at radius 1 is 1.27 bits per heavy atom. The fraction of sp³-hybridized carbons (Fsp3) is 0.833. The first-order valence-corrected chi connectivity index (χ1v) is 5.53. The van der Waals surface area contributed by atoms with E-state index in [9.17, 15) is 4.79 Å². The Bertz CT molecular complexity index is 240. The van der Waals surface area contributed by atoms with E-state index in [1.165, 1.54) is 0 Å². The Kier molecular flexibility index (Phi) is 6.00. The molecular weight excluding hydrogens is 188 g/mol. The van der Waals surface area contributed by atoms with Gasteiger partial charge in [-0.25, -0.2) is 0 Å². The number of hydrogen-bond acceptors (Lipinski definition) is 2. The van der Waals surface area contributed by atoms with Crippen molar-refractivity contribution in [2.45, 2.75) is 46.6 Å². The lowest BCUT2D eigenvalue weighted by Crippen LogP contribution is -2.37. The molecule has 0 aliphatic rings. The van der Waals surface area contributed by atoms with Gasteiger partial charge in [-0.15, -0.1) is 0 Å². The molecule has 0 aromatic rings. The molecule has 0 N–H and O–H groups in total. The second-order valence-corrected chi connectivity index (χ2v) is 4.88. The molecule has 0 saturated carbocycles. The Labute approximate surface area is 93.1 Å². The van der Waals surface area contributed by atoms with Gasteiger partial charge < -0.3 is 4.90 Å². The summed E-state index contributed by atoms with van der Waals surface area (Å²) in [6.07, 6.45) is 1.27. The van der Waals surface area contributed by atoms with E-state index < -0.39 is 0 Å². The smallest absolute Gasteiger partial charge is 0.223 e. The summed E-state index contributed by atoms with van der Waals surface area (Å²) < 4.78 is 0. The second kappa shape index (κ2) is 6.44. The molecule has 0 heterocycles. The van der Waals surface area contributed by atoms with Crippen molar-refractivity contribution in [2.24, 2.45) is 11.8 Å². The lowest BCUT2D eigenvalue weighted by Gasteiger charge is -2.24. The van der Waals surface area contributed by atoms with Crippen molar-refractivity contribution in [1.29, 1.82) is 5.26 Å². The van der Waals surface area contributed by atoms with Crippen LogP contribution in [0.3, 0.4) is 0 Å². The lowest BCUT2D eigenvalue weighted by atomic mass is 10.0. The Hall–Kier alpha value is -1.04. The number of amides is 1. The molecule has 0 fully saturated rings. The van der Waals surface area contributed by atoms with E-state index in [2.05, 4.69) is 19.9 Å². The summed E-state index contributed by atoms with van der Waals surface area (Å²) in [6.45, 7) is 8.14. The number of nitriles is 1. The summed E-state index contributed by atoms with van der Waals surface area (Å²) in [5.41, 5.74) is 0. The quantitative estimate of drug-likeness (QED) is 0.699. The highest BCUT2D eigenvalue weighted by Gasteiger charge is 2.20. The van der Waals surface area contributed by atoms with Crippen LogP contribution in [0.1, 0.15) is 40.5 Å². The molecule has 86 valence electrons. The van der Waals surface area contributed by atoms with E-state index in [0.29, 0.717) is 18.3 Å². The van der Waals surface area contributed by atoms with Crippen LogP contribution in [-0.4, -0.2) is 23.9 Å². The first-order valence-electron chi connectivity index (χ1n) is 5.53. The summed E-state index contributed by atoms with van der Waals surface area (Å²) in [5, 5.41) is 8.98. The van der Waals surface area contributed by atoms with E-state index >= 15 is 0 Å². The van der Waals surface area contributed by atoms with Gasteiger partial charge in [0, 0.05) is 13.5 Å². The molecule has 1 unspecified atom stereocenters. The molecule has 3 nitrogen and oxygen atoms in total. The average Bonchev–Trinajstić information content (AvgIpc) is 2.11. The van der Waals surface area contributed by atoms with Crippen molar-refractivity contribution in [1.82, 2.24) is 4.90 Å². The van der Waals surface area contributed by atoms with Crippen LogP contribution in [0.25, 0.3) is 0 Å². The van der Waals surface area contributed by atoms with Gasteiger partial charge in [0.1, 0.15) is 6.04 Å². The van der Waals surface area contributed by atoms with Crippen LogP contribution in [-0.2, 0) is 4.79 Å². The fourth-order valence-electron chi connectivity index (χ4n) is 1.41. The summed E-state index contributed by atoms with van der Waals surface area (Å²) in [6, 6.07) is 1.91. The third-order valence-corrected chi connectivity index (χ3v) is 2.29. The van der Waals surface area contributed by atoms with Gasteiger partial charge in [0.2, 0.25) is 5.91 Å². The zero-order valence-electron chi connectivity index (χ0n) is 10.4. The topological polar surface area (TPSA) is 44.1 Å². The summed E-state index contributed by atoms with van der Waals surface area (Å²) in [4.78, 5) is 13.3. The van der Waals surface area contributed by atoms with Gasteiger partial charge in [-0.3, -0.25) is 4.79 Å². The molecule has 1 amide bonds. The minimum absolute atomic E-state index is 0.0669. The van der Waals surface area contributed by atoms with Crippen molar-refractivity contribution in [3.63, 3.8) is 0 Å². The first-order chi connectivity index (χ1) is 6.88. The molecule has 0 radical (unpaired) electrons. The van der Waals surface area contributed by atoms with E-state index in [-0.39, 0.29) is 11.9 Å². The fourth-order valence-corrected chi connectivity index (χ4v) is 1.41. The number of rotatable bonds is 5. The molecule has 0 bridgehead atoms. The minimum atomic E-state index is -0.281. The predicted molar refractivity (Wildman–Crippen MR) is 61.1 cm³/mol. The molecule has 0 aliphatic heterocycles. The van der Waals surface area contributed by atoms with E-state index in [4.69, 9.17) is 5.26 Å². The van der Waals surface area contributed by atoms with Crippen LogP contribution in [0.15, 0.2) is 0 Å². The van der Waals surface area contributed by atoms with Crippen LogP contribution < -0.4 is 0 Å². The first kappa shape index (κ1) is 14.0. The molecule has 3 heteroatoms.